The summed E-state index contributed by atoms with van der Waals surface area (Å²) in [6, 6.07) is 1.65. The highest BCUT2D eigenvalue weighted by Crippen LogP contribution is 2.20. The van der Waals surface area contributed by atoms with Gasteiger partial charge in [-0.3, -0.25) is 0 Å². The molecule has 0 N–H and O–H groups in total. The molecule has 0 aliphatic carbocycles. The molecular weight excluding hydrogens is 358 g/mol. The molecule has 1 aromatic rings. The highest BCUT2D eigenvalue weighted by Gasteiger charge is 2.32. The summed E-state index contributed by atoms with van der Waals surface area (Å²) in [6.07, 6.45) is -0.298. The second-order valence-corrected chi connectivity index (χ2v) is 6.96. The number of nitrogens with zero attached hydrogens (tertiary/aromatic N) is 3. The first-order valence-electron chi connectivity index (χ1n) is 6.43. The van der Waals surface area contributed by atoms with E-state index < -0.39 is 5.60 Å². The minimum Gasteiger partial charge on any atom is -0.444 e. The Morgan fingerprint density at radius 3 is 2.71 bits per heavy atom. The molecule has 1 saturated heterocycles. The zero-order valence-corrected chi connectivity index (χ0v) is 14.3. The van der Waals surface area contributed by atoms with Crippen molar-refractivity contribution in [1.29, 1.82) is 0 Å². The monoisotopic (exact) mass is 371 g/mol. The van der Waals surface area contributed by atoms with Crippen LogP contribution in [0.15, 0.2) is 10.5 Å². The van der Waals surface area contributed by atoms with E-state index in [1.54, 1.807) is 11.0 Å². The van der Waals surface area contributed by atoms with Crippen LogP contribution in [0.1, 0.15) is 26.5 Å². The van der Waals surface area contributed by atoms with Gasteiger partial charge in [-0.05, 0) is 48.7 Å². The SMILES string of the molecule is CC(C)(C)OC(=O)N1CC(C#Cc2nnc(Cl)cc2Br)C1. The molecule has 7 heteroatoms. The topological polar surface area (TPSA) is 55.3 Å². The number of likely N-dealkylation sites (tertiary alicyclic amines) is 1. The lowest BCUT2D eigenvalue weighted by molar-refractivity contribution is 0.00592. The van der Waals surface area contributed by atoms with Crippen LogP contribution in [0.4, 0.5) is 4.79 Å². The molecule has 0 radical (unpaired) electrons. The fraction of sp³-hybridized carbons (Fsp3) is 0.500. The van der Waals surface area contributed by atoms with Crippen LogP contribution in [-0.2, 0) is 4.74 Å². The highest BCUT2D eigenvalue weighted by molar-refractivity contribution is 9.10. The first-order valence-corrected chi connectivity index (χ1v) is 7.60. The molecule has 1 fully saturated rings. The number of halogens is 2. The number of hydrogen-bond acceptors (Lipinski definition) is 4. The third-order valence-electron chi connectivity index (χ3n) is 2.65. The average Bonchev–Trinajstić information content (AvgIpc) is 2.27. The molecule has 0 bridgehead atoms. The van der Waals surface area contributed by atoms with E-state index >= 15 is 0 Å². The van der Waals surface area contributed by atoms with Gasteiger partial charge in [0, 0.05) is 13.1 Å². The van der Waals surface area contributed by atoms with Crippen LogP contribution in [0, 0.1) is 17.8 Å². The summed E-state index contributed by atoms with van der Waals surface area (Å²) in [6.45, 7) is 6.68. The molecule has 1 aliphatic rings. The number of ether oxygens (including phenoxy) is 1. The maximum absolute atomic E-state index is 11.8. The van der Waals surface area contributed by atoms with Crippen molar-refractivity contribution in [2.45, 2.75) is 26.4 Å². The quantitative estimate of drug-likeness (QED) is 0.657. The van der Waals surface area contributed by atoms with Gasteiger partial charge in [0.05, 0.1) is 10.4 Å². The van der Waals surface area contributed by atoms with E-state index in [0.29, 0.717) is 28.4 Å². The van der Waals surface area contributed by atoms with Crippen LogP contribution < -0.4 is 0 Å². The van der Waals surface area contributed by atoms with Gasteiger partial charge in [-0.25, -0.2) is 4.79 Å². The Bertz CT molecular complexity index is 613. The summed E-state index contributed by atoms with van der Waals surface area (Å²) < 4.78 is 5.99. The van der Waals surface area contributed by atoms with Crippen LogP contribution in [0.25, 0.3) is 0 Å². The largest absolute Gasteiger partial charge is 0.444 e. The van der Waals surface area contributed by atoms with Crippen LogP contribution in [0.5, 0.6) is 0 Å². The minimum absolute atomic E-state index is 0.127. The third-order valence-corrected chi connectivity index (χ3v) is 3.43. The predicted molar refractivity (Wildman–Crippen MR) is 82.9 cm³/mol. The summed E-state index contributed by atoms with van der Waals surface area (Å²) in [5, 5.41) is 7.96. The lowest BCUT2D eigenvalue weighted by Crippen LogP contribution is -2.51. The average molecular weight is 373 g/mol. The van der Waals surface area contributed by atoms with Crippen molar-refractivity contribution < 1.29 is 9.53 Å². The fourth-order valence-corrected chi connectivity index (χ4v) is 2.32. The second kappa shape index (κ2) is 6.20. The van der Waals surface area contributed by atoms with Crippen molar-refractivity contribution in [2.24, 2.45) is 5.92 Å². The molecular formula is C14H15BrClN3O2. The molecule has 0 spiro atoms. The van der Waals surface area contributed by atoms with Gasteiger partial charge in [-0.1, -0.05) is 17.5 Å². The van der Waals surface area contributed by atoms with E-state index in [0.717, 1.165) is 0 Å². The van der Waals surface area contributed by atoms with E-state index in [4.69, 9.17) is 16.3 Å². The summed E-state index contributed by atoms with van der Waals surface area (Å²) in [4.78, 5) is 13.4. The number of aromatic nitrogens is 2. The highest BCUT2D eigenvalue weighted by atomic mass is 79.9. The number of carbonyl (C=O) groups is 1. The molecule has 0 aromatic carbocycles. The maximum atomic E-state index is 11.8. The van der Waals surface area contributed by atoms with E-state index in [-0.39, 0.29) is 12.0 Å². The van der Waals surface area contributed by atoms with Crippen molar-refractivity contribution in [2.75, 3.05) is 13.1 Å². The standard InChI is InChI=1S/C14H15BrClN3O2/c1-14(2,3)21-13(20)19-7-9(8-19)4-5-11-10(15)6-12(16)18-17-11/h6,9H,7-8H2,1-3H3. The first-order chi connectivity index (χ1) is 9.74. The summed E-state index contributed by atoms with van der Waals surface area (Å²) in [5.41, 5.74) is 0.0626. The van der Waals surface area contributed by atoms with Gasteiger partial charge >= 0.3 is 6.09 Å². The van der Waals surface area contributed by atoms with Crippen LogP contribution in [-0.4, -0.2) is 39.9 Å². The van der Waals surface area contributed by atoms with Crippen molar-refractivity contribution in [3.05, 3.63) is 21.4 Å². The first kappa shape index (κ1) is 16.1. The Morgan fingerprint density at radius 2 is 2.14 bits per heavy atom. The number of amides is 1. The Hall–Kier alpha value is -1.32. The van der Waals surface area contributed by atoms with E-state index in [2.05, 4.69) is 38.0 Å². The van der Waals surface area contributed by atoms with Gasteiger partial charge in [0.2, 0.25) is 0 Å². The van der Waals surface area contributed by atoms with Gasteiger partial charge in [0.15, 0.2) is 5.15 Å². The molecule has 2 heterocycles. The molecule has 21 heavy (non-hydrogen) atoms. The summed E-state index contributed by atoms with van der Waals surface area (Å²) >= 11 is 9.05. The zero-order chi connectivity index (χ0) is 15.6. The molecule has 1 aromatic heterocycles. The van der Waals surface area contributed by atoms with Crippen LogP contribution in [0.3, 0.4) is 0 Å². The van der Waals surface area contributed by atoms with Crippen molar-refractivity contribution in [3.63, 3.8) is 0 Å². The Balaban J connectivity index is 1.89. The van der Waals surface area contributed by atoms with Gasteiger partial charge < -0.3 is 9.64 Å². The molecule has 112 valence electrons. The Labute approximate surface area is 137 Å². The predicted octanol–water partition coefficient (Wildman–Crippen LogP) is 3.11. The fourth-order valence-electron chi connectivity index (χ4n) is 1.65. The summed E-state index contributed by atoms with van der Waals surface area (Å²) in [7, 11) is 0. The Morgan fingerprint density at radius 1 is 1.48 bits per heavy atom. The molecule has 0 saturated carbocycles. The molecule has 2 rings (SSSR count). The molecule has 1 aliphatic heterocycles. The second-order valence-electron chi connectivity index (χ2n) is 5.72. The number of carbonyl (C=O) groups excluding carboxylic acids is 1. The van der Waals surface area contributed by atoms with Crippen molar-refractivity contribution in [3.8, 4) is 11.8 Å². The lowest BCUT2D eigenvalue weighted by Gasteiger charge is -2.37. The van der Waals surface area contributed by atoms with E-state index in [1.165, 1.54) is 0 Å². The normalized spacial score (nSPS) is 15.0. The molecule has 0 atom stereocenters. The smallest absolute Gasteiger partial charge is 0.410 e. The maximum Gasteiger partial charge on any atom is 0.410 e. The van der Waals surface area contributed by atoms with Crippen LogP contribution >= 0.6 is 27.5 Å². The van der Waals surface area contributed by atoms with Gasteiger partial charge in [0.25, 0.3) is 0 Å². The minimum atomic E-state index is -0.475. The van der Waals surface area contributed by atoms with E-state index in [9.17, 15) is 4.79 Å². The van der Waals surface area contributed by atoms with Gasteiger partial charge in [-0.15, -0.1) is 10.2 Å². The molecule has 5 nitrogen and oxygen atoms in total. The van der Waals surface area contributed by atoms with Crippen LogP contribution in [0.2, 0.25) is 5.15 Å². The zero-order valence-electron chi connectivity index (χ0n) is 12.0. The van der Waals surface area contributed by atoms with Crippen molar-refractivity contribution in [1.82, 2.24) is 15.1 Å². The van der Waals surface area contributed by atoms with E-state index in [1.807, 2.05) is 20.8 Å². The van der Waals surface area contributed by atoms with Gasteiger partial charge in [0.1, 0.15) is 11.3 Å². The van der Waals surface area contributed by atoms with Crippen molar-refractivity contribution >= 4 is 33.6 Å². The Kier molecular flexibility index (Phi) is 4.74. The lowest BCUT2D eigenvalue weighted by atomic mass is 10.0. The summed E-state index contributed by atoms with van der Waals surface area (Å²) in [5.74, 6) is 6.14. The molecule has 0 unspecified atom stereocenters. The number of hydrogen-bond donors (Lipinski definition) is 0. The third kappa shape index (κ3) is 4.58. The number of rotatable bonds is 0. The molecule has 1 amide bonds. The van der Waals surface area contributed by atoms with Gasteiger partial charge in [-0.2, -0.15) is 0 Å².